The number of hydrogen-bond donors (Lipinski definition) is 3. The first-order valence-electron chi connectivity index (χ1n) is 18.5. The summed E-state index contributed by atoms with van der Waals surface area (Å²) in [6.07, 6.45) is 1.54. The van der Waals surface area contributed by atoms with Gasteiger partial charge in [-0.15, -0.1) is 0 Å². The van der Waals surface area contributed by atoms with Crippen LogP contribution in [0.4, 0.5) is 5.69 Å². The zero-order chi connectivity index (χ0) is 36.8. The molecule has 5 aliphatic rings. The van der Waals surface area contributed by atoms with Gasteiger partial charge in [0.1, 0.15) is 6.04 Å². The van der Waals surface area contributed by atoms with Gasteiger partial charge in [0.15, 0.2) is 0 Å². The number of aliphatic hydroxyl groups excluding tert-OH is 1. The molecule has 3 saturated carbocycles. The van der Waals surface area contributed by atoms with Gasteiger partial charge < -0.3 is 25.5 Å². The Bertz CT molecular complexity index is 1670. The number of aliphatic hydroxyl groups is 1. The molecule has 3 aliphatic carbocycles. The topological polar surface area (TPSA) is 146 Å². The monoisotopic (exact) mass is 700 g/mol. The minimum Gasteiger partial charge on any atom is -0.393 e. The summed E-state index contributed by atoms with van der Waals surface area (Å²) in [5, 5.41) is 23.1. The average Bonchev–Trinajstić information content (AvgIpc) is 3.67. The summed E-state index contributed by atoms with van der Waals surface area (Å²) in [7, 11) is 6.00. The van der Waals surface area contributed by atoms with E-state index in [1.165, 1.54) is 6.42 Å². The summed E-state index contributed by atoms with van der Waals surface area (Å²) in [6, 6.07) is 11.4. The Balaban J connectivity index is 1.28. The van der Waals surface area contributed by atoms with Crippen LogP contribution >= 0.6 is 0 Å². The van der Waals surface area contributed by atoms with Crippen molar-refractivity contribution in [1.29, 1.82) is 0 Å². The molecule has 2 aromatic carbocycles. The van der Waals surface area contributed by atoms with Crippen LogP contribution in [-0.4, -0.2) is 98.0 Å². The molecule has 9 atom stereocenters. The zero-order valence-electron chi connectivity index (χ0n) is 31.5. The van der Waals surface area contributed by atoms with Gasteiger partial charge in [0.2, 0.25) is 5.91 Å². The fourth-order valence-corrected chi connectivity index (χ4v) is 9.41. The number of hydroxylamine groups is 2. The molecule has 5 fully saturated rings. The van der Waals surface area contributed by atoms with E-state index in [-0.39, 0.29) is 42.4 Å². The third-order valence-corrected chi connectivity index (χ3v) is 12.7. The van der Waals surface area contributed by atoms with Gasteiger partial charge in [-0.3, -0.25) is 14.4 Å². The van der Waals surface area contributed by atoms with Crippen molar-refractivity contribution in [3.63, 3.8) is 0 Å². The number of benzene rings is 2. The van der Waals surface area contributed by atoms with Crippen LogP contribution in [0.25, 0.3) is 21.6 Å². The third kappa shape index (κ3) is 7.35. The first-order valence-corrected chi connectivity index (χ1v) is 18.5. The van der Waals surface area contributed by atoms with Crippen LogP contribution in [-0.2, 0) is 16.2 Å². The third-order valence-electron chi connectivity index (χ3n) is 12.7. The van der Waals surface area contributed by atoms with E-state index in [2.05, 4.69) is 65.5 Å². The highest BCUT2D eigenvalue weighted by molar-refractivity contribution is 5.97. The predicted octanol–water partition coefficient (Wildman–Crippen LogP) is 5.14. The Morgan fingerprint density at radius 1 is 1.20 bits per heavy atom. The number of rotatable bonds is 11. The molecule has 0 aromatic heterocycles. The molecule has 276 valence electrons. The number of nitrogens with zero attached hydrogens (tertiary/aromatic N) is 6. The van der Waals surface area contributed by atoms with Gasteiger partial charge in [-0.1, -0.05) is 44.1 Å². The molecule has 3 N–H and O–H groups in total. The van der Waals surface area contributed by atoms with Crippen LogP contribution < -0.4 is 15.5 Å². The van der Waals surface area contributed by atoms with E-state index in [4.69, 9.17) is 10.4 Å². The second-order valence-corrected chi connectivity index (χ2v) is 16.4. The van der Waals surface area contributed by atoms with Crippen molar-refractivity contribution in [2.45, 2.75) is 90.8 Å². The molecule has 0 spiro atoms. The highest BCUT2D eigenvalue weighted by Crippen LogP contribution is 2.61. The molecule has 0 radical (unpaired) electrons. The van der Waals surface area contributed by atoms with E-state index in [9.17, 15) is 14.7 Å². The minimum atomic E-state index is -0.879. The number of likely N-dealkylation sites (tertiary alicyclic amines) is 1. The summed E-state index contributed by atoms with van der Waals surface area (Å²) in [5.74, 6) is 0.639. The largest absolute Gasteiger partial charge is 0.393 e. The molecule has 2 aliphatic heterocycles. The molecule has 51 heavy (non-hydrogen) atoms. The molecule has 12 nitrogen and oxygen atoms in total. The van der Waals surface area contributed by atoms with Gasteiger partial charge in [0.25, 0.3) is 5.91 Å². The Morgan fingerprint density at radius 3 is 2.59 bits per heavy atom. The lowest BCUT2D eigenvalue weighted by Crippen LogP contribution is -2.62. The molecule has 2 heterocycles. The first kappa shape index (κ1) is 37.1. The number of carbonyl (C=O) groups is 2. The van der Waals surface area contributed by atoms with Crippen molar-refractivity contribution in [3.05, 3.63) is 63.5 Å². The van der Waals surface area contributed by atoms with Crippen LogP contribution in [0.1, 0.15) is 68.4 Å². The maximum absolute atomic E-state index is 14.3. The Kier molecular flexibility index (Phi) is 10.7. The van der Waals surface area contributed by atoms with Crippen molar-refractivity contribution in [1.82, 2.24) is 20.6 Å². The molecule has 2 bridgehead atoms. The quantitative estimate of drug-likeness (QED) is 0.167. The van der Waals surface area contributed by atoms with Gasteiger partial charge >= 0.3 is 0 Å². The lowest BCUT2D eigenvalue weighted by atomic mass is 9.45. The van der Waals surface area contributed by atoms with E-state index in [0.717, 1.165) is 53.9 Å². The number of anilines is 1. The van der Waals surface area contributed by atoms with Gasteiger partial charge in [-0.2, -0.15) is 5.06 Å². The zero-order valence-corrected chi connectivity index (χ0v) is 31.5. The number of azide groups is 1. The molecule has 0 unspecified atom stereocenters. The lowest BCUT2D eigenvalue weighted by molar-refractivity contribution is -0.175. The number of likely N-dealkylation sites (N-methyl/N-ethyl adjacent to an activating group) is 1. The second kappa shape index (κ2) is 14.8. The van der Waals surface area contributed by atoms with E-state index in [1.54, 1.807) is 12.0 Å². The smallest absolute Gasteiger partial charge is 0.251 e. The van der Waals surface area contributed by atoms with Gasteiger partial charge in [-0.25, -0.2) is 0 Å². The number of amides is 2. The van der Waals surface area contributed by atoms with E-state index < -0.39 is 24.2 Å². The van der Waals surface area contributed by atoms with Crippen molar-refractivity contribution in [2.24, 2.45) is 34.2 Å². The SMILES string of the molecule is Cc1c(CN2O[C@@H](CN=[N+]=[N-])[C@@H]([C@H](C)O)[C@H]2C(=O)N[C@H]2C[C@H]3C[C@@H]([C@@H]2C)C3(C)C)cccc1-c1cc(C(=O)N[C@@H]2CCN(C)C2)cc(N(C)C)c1. The van der Waals surface area contributed by atoms with E-state index >= 15 is 0 Å². The van der Waals surface area contributed by atoms with Gasteiger partial charge in [-0.05, 0) is 116 Å². The molecular weight excluding hydrogens is 644 g/mol. The number of carbonyl (C=O) groups excluding carboxylic acids is 2. The van der Waals surface area contributed by atoms with E-state index in [1.807, 2.05) is 50.2 Å². The number of hydrogen-bond acceptors (Lipinski definition) is 8. The fraction of sp³-hybridized carbons (Fsp3) is 0.641. The molecular formula is C39H56N8O4. The minimum absolute atomic E-state index is 0.00283. The van der Waals surface area contributed by atoms with Crippen LogP contribution in [0.3, 0.4) is 0 Å². The highest BCUT2D eigenvalue weighted by atomic mass is 16.7. The molecule has 2 aromatic rings. The predicted molar refractivity (Wildman–Crippen MR) is 199 cm³/mol. The van der Waals surface area contributed by atoms with Crippen molar-refractivity contribution in [2.75, 3.05) is 45.7 Å². The molecule has 2 amide bonds. The van der Waals surface area contributed by atoms with Gasteiger partial charge in [0, 0.05) is 54.8 Å². The van der Waals surface area contributed by atoms with Crippen molar-refractivity contribution in [3.8, 4) is 11.1 Å². The Labute approximate surface area is 302 Å². The van der Waals surface area contributed by atoms with Crippen LogP contribution in [0, 0.1) is 36.0 Å². The highest BCUT2D eigenvalue weighted by Gasteiger charge is 2.57. The Morgan fingerprint density at radius 2 is 1.96 bits per heavy atom. The maximum atomic E-state index is 14.3. The van der Waals surface area contributed by atoms with Crippen molar-refractivity contribution < 1.29 is 19.5 Å². The fourth-order valence-electron chi connectivity index (χ4n) is 9.41. The maximum Gasteiger partial charge on any atom is 0.251 e. The van der Waals surface area contributed by atoms with E-state index in [0.29, 0.717) is 23.3 Å². The summed E-state index contributed by atoms with van der Waals surface area (Å²) in [5.41, 5.74) is 14.8. The molecule has 7 rings (SSSR count). The Hall–Kier alpha value is -3.67. The second-order valence-electron chi connectivity index (χ2n) is 16.4. The standard InChI is InChI=1S/C39H56N8O4/c1-22-25(10-9-11-31(22)26-14-27(16-30(15-26)45(6)7)37(49)42-29-12-13-46(8)21-29)20-47-36(35(24(3)48)34(51-47)19-41-44-40)38(50)43-33-18-28-17-32(23(33)2)39(28,4)5/h9-11,14-16,23-24,28-29,32-36,48H,12-13,17-21H2,1-8H3,(H,42,49)(H,43,50)/t23-,24-,28+,29+,32-,33-,34-,35+,36-/m0/s1. The summed E-state index contributed by atoms with van der Waals surface area (Å²) < 4.78 is 0. The molecule has 12 heteroatoms. The lowest BCUT2D eigenvalue weighted by Gasteiger charge is -2.62. The summed E-state index contributed by atoms with van der Waals surface area (Å²) >= 11 is 0. The number of fused-ring (bicyclic) bond motifs is 2. The van der Waals surface area contributed by atoms with Crippen molar-refractivity contribution >= 4 is 17.5 Å². The summed E-state index contributed by atoms with van der Waals surface area (Å²) in [4.78, 5) is 41.4. The summed E-state index contributed by atoms with van der Waals surface area (Å²) in [6.45, 7) is 12.7. The molecule has 2 saturated heterocycles. The van der Waals surface area contributed by atoms with Crippen LogP contribution in [0.15, 0.2) is 41.5 Å². The normalized spacial score (nSPS) is 30.6. The van der Waals surface area contributed by atoms with Crippen LogP contribution in [0.2, 0.25) is 0 Å². The van der Waals surface area contributed by atoms with Gasteiger partial charge in [0.05, 0.1) is 25.3 Å². The van der Waals surface area contributed by atoms with Crippen LogP contribution in [0.5, 0.6) is 0 Å². The number of nitrogens with one attached hydrogen (secondary N) is 2. The average molecular weight is 701 g/mol. The first-order chi connectivity index (χ1) is 24.2.